The number of rotatable bonds is 4. The Bertz CT molecular complexity index is 825. The highest BCUT2D eigenvalue weighted by Gasteiger charge is 2.43. The van der Waals surface area contributed by atoms with Gasteiger partial charge in [0.2, 0.25) is 5.91 Å². The maximum Gasteiger partial charge on any atom is 0.262 e. The van der Waals surface area contributed by atoms with Gasteiger partial charge in [0.15, 0.2) is 0 Å². The third-order valence-electron chi connectivity index (χ3n) is 4.30. The van der Waals surface area contributed by atoms with Crippen molar-refractivity contribution in [2.45, 2.75) is 26.8 Å². The van der Waals surface area contributed by atoms with E-state index in [4.69, 9.17) is 0 Å². The molecule has 128 valence electrons. The Hall–Kier alpha value is -3.02. The highest BCUT2D eigenvalue weighted by Crippen LogP contribution is 2.28. The highest BCUT2D eigenvalue weighted by atomic mass is 16.2. The first-order valence-corrected chi connectivity index (χ1v) is 8.10. The van der Waals surface area contributed by atoms with Crippen LogP contribution >= 0.6 is 0 Å². The van der Waals surface area contributed by atoms with Gasteiger partial charge in [-0.15, -0.1) is 0 Å². The lowest BCUT2D eigenvalue weighted by atomic mass is 10.0. The van der Waals surface area contributed by atoms with Gasteiger partial charge in [-0.25, -0.2) is 0 Å². The van der Waals surface area contributed by atoms with Crippen molar-refractivity contribution in [3.8, 4) is 0 Å². The van der Waals surface area contributed by atoms with Crippen LogP contribution in [0.1, 0.15) is 40.1 Å². The fourth-order valence-electron chi connectivity index (χ4n) is 2.98. The summed E-state index contributed by atoms with van der Waals surface area (Å²) < 4.78 is 0. The summed E-state index contributed by atoms with van der Waals surface area (Å²) in [6.45, 7) is 5.47. The number of nitrogens with zero attached hydrogens (tertiary/aromatic N) is 2. The van der Waals surface area contributed by atoms with Crippen molar-refractivity contribution in [3.05, 3.63) is 59.4 Å². The second kappa shape index (κ2) is 6.47. The molecule has 25 heavy (non-hydrogen) atoms. The number of pyridine rings is 1. The smallest absolute Gasteiger partial charge is 0.262 e. The predicted octanol–water partition coefficient (Wildman–Crippen LogP) is 2.65. The molecule has 1 N–H and O–H groups in total. The van der Waals surface area contributed by atoms with Crippen LogP contribution in [0.3, 0.4) is 0 Å². The van der Waals surface area contributed by atoms with Gasteiger partial charge in [0.05, 0.1) is 23.0 Å². The molecule has 1 aromatic carbocycles. The first-order chi connectivity index (χ1) is 11.9. The molecule has 2 aromatic rings. The number of aromatic nitrogens is 1. The van der Waals surface area contributed by atoms with Crippen molar-refractivity contribution in [2.24, 2.45) is 5.92 Å². The summed E-state index contributed by atoms with van der Waals surface area (Å²) >= 11 is 0. The van der Waals surface area contributed by atoms with E-state index in [0.717, 1.165) is 10.5 Å². The molecule has 0 spiro atoms. The van der Waals surface area contributed by atoms with Crippen LogP contribution in [0.5, 0.6) is 0 Å². The lowest BCUT2D eigenvalue weighted by Gasteiger charge is -2.28. The zero-order chi connectivity index (χ0) is 18.1. The average Bonchev–Trinajstić information content (AvgIpc) is 2.83. The molecule has 6 nitrogen and oxygen atoms in total. The van der Waals surface area contributed by atoms with Crippen molar-refractivity contribution in [1.82, 2.24) is 9.88 Å². The van der Waals surface area contributed by atoms with E-state index in [9.17, 15) is 14.4 Å². The van der Waals surface area contributed by atoms with Crippen LogP contribution in [0, 0.1) is 12.8 Å². The quantitative estimate of drug-likeness (QED) is 0.870. The van der Waals surface area contributed by atoms with E-state index in [2.05, 4.69) is 10.3 Å². The molecule has 1 atom stereocenters. The number of nitrogens with one attached hydrogen (secondary N) is 1. The van der Waals surface area contributed by atoms with E-state index >= 15 is 0 Å². The molecule has 0 radical (unpaired) electrons. The molecule has 0 saturated carbocycles. The fourth-order valence-corrected chi connectivity index (χ4v) is 2.98. The molecule has 0 aliphatic carbocycles. The van der Waals surface area contributed by atoms with Crippen LogP contribution < -0.4 is 5.32 Å². The van der Waals surface area contributed by atoms with Gasteiger partial charge >= 0.3 is 0 Å². The Morgan fingerprint density at radius 3 is 2.20 bits per heavy atom. The standard InChI is InChI=1S/C19H19N3O3/c1-11(2)16(17(23)21-15-10-20-9-8-12(15)3)22-18(24)13-6-4-5-7-14(13)19(22)25/h4-11,16H,1-3H3,(H,21,23). The topological polar surface area (TPSA) is 79.4 Å². The number of carbonyl (C=O) groups is 3. The third-order valence-corrected chi connectivity index (χ3v) is 4.30. The Morgan fingerprint density at radius 2 is 1.68 bits per heavy atom. The van der Waals surface area contributed by atoms with Crippen LogP contribution in [0.2, 0.25) is 0 Å². The summed E-state index contributed by atoms with van der Waals surface area (Å²) in [6, 6.07) is 7.51. The van der Waals surface area contributed by atoms with Crippen molar-refractivity contribution in [2.75, 3.05) is 5.32 Å². The van der Waals surface area contributed by atoms with Crippen molar-refractivity contribution in [3.63, 3.8) is 0 Å². The summed E-state index contributed by atoms with van der Waals surface area (Å²) in [6.07, 6.45) is 3.18. The van der Waals surface area contributed by atoms with Gasteiger partial charge in [-0.2, -0.15) is 0 Å². The van der Waals surface area contributed by atoms with Crippen LogP contribution in [-0.2, 0) is 4.79 Å². The van der Waals surface area contributed by atoms with Gasteiger partial charge in [0.1, 0.15) is 6.04 Å². The normalized spacial score (nSPS) is 14.6. The summed E-state index contributed by atoms with van der Waals surface area (Å²) in [5, 5.41) is 2.79. The number of amides is 3. The van der Waals surface area contributed by atoms with Crippen LogP contribution in [0.15, 0.2) is 42.7 Å². The summed E-state index contributed by atoms with van der Waals surface area (Å²) in [4.78, 5) is 43.3. The monoisotopic (exact) mass is 337 g/mol. The van der Waals surface area contributed by atoms with E-state index in [1.54, 1.807) is 42.7 Å². The molecule has 1 unspecified atom stereocenters. The van der Waals surface area contributed by atoms with E-state index in [-0.39, 0.29) is 5.92 Å². The molecule has 3 rings (SSSR count). The van der Waals surface area contributed by atoms with Gasteiger partial charge in [-0.1, -0.05) is 26.0 Å². The SMILES string of the molecule is Cc1ccncc1NC(=O)C(C(C)C)N1C(=O)c2ccccc2C1=O. The molecule has 0 bridgehead atoms. The molecular weight excluding hydrogens is 318 g/mol. The Morgan fingerprint density at radius 1 is 1.08 bits per heavy atom. The van der Waals surface area contributed by atoms with Gasteiger partial charge in [-0.05, 0) is 36.6 Å². The number of hydrogen-bond donors (Lipinski definition) is 1. The summed E-state index contributed by atoms with van der Waals surface area (Å²) in [5.74, 6) is -1.51. The minimum atomic E-state index is -0.896. The van der Waals surface area contributed by atoms with Crippen LogP contribution in [-0.4, -0.2) is 33.6 Å². The van der Waals surface area contributed by atoms with Crippen molar-refractivity contribution in [1.29, 1.82) is 0 Å². The van der Waals surface area contributed by atoms with Gasteiger partial charge < -0.3 is 5.32 Å². The predicted molar refractivity (Wildman–Crippen MR) is 93.2 cm³/mol. The Labute approximate surface area is 145 Å². The van der Waals surface area contributed by atoms with Crippen LogP contribution in [0.25, 0.3) is 0 Å². The molecular formula is C19H19N3O3. The number of anilines is 1. The molecule has 1 aliphatic heterocycles. The van der Waals surface area contributed by atoms with E-state index < -0.39 is 23.8 Å². The second-order valence-corrected chi connectivity index (χ2v) is 6.39. The molecule has 2 heterocycles. The van der Waals surface area contributed by atoms with E-state index in [0.29, 0.717) is 16.8 Å². The molecule has 1 aliphatic rings. The minimum Gasteiger partial charge on any atom is -0.323 e. The largest absolute Gasteiger partial charge is 0.323 e. The molecule has 6 heteroatoms. The summed E-state index contributed by atoms with van der Waals surface area (Å²) in [7, 11) is 0. The van der Waals surface area contributed by atoms with E-state index in [1.165, 1.54) is 0 Å². The molecule has 0 saturated heterocycles. The van der Waals surface area contributed by atoms with Gasteiger partial charge in [-0.3, -0.25) is 24.3 Å². The number of fused-ring (bicyclic) bond motifs is 1. The number of aryl methyl sites for hydroxylation is 1. The zero-order valence-electron chi connectivity index (χ0n) is 14.3. The third kappa shape index (κ3) is 2.91. The average molecular weight is 337 g/mol. The maximum absolute atomic E-state index is 12.9. The molecule has 3 amide bonds. The zero-order valence-corrected chi connectivity index (χ0v) is 14.3. The fraction of sp³-hybridized carbons (Fsp3) is 0.263. The first kappa shape index (κ1) is 16.8. The summed E-state index contributed by atoms with van der Waals surface area (Å²) in [5.41, 5.74) is 2.09. The second-order valence-electron chi connectivity index (χ2n) is 6.39. The number of carbonyl (C=O) groups excluding carboxylic acids is 3. The Kier molecular flexibility index (Phi) is 4.35. The minimum absolute atomic E-state index is 0.237. The Balaban J connectivity index is 1.92. The number of benzene rings is 1. The van der Waals surface area contributed by atoms with Gasteiger partial charge in [0, 0.05) is 6.20 Å². The van der Waals surface area contributed by atoms with Crippen molar-refractivity contribution >= 4 is 23.4 Å². The highest BCUT2D eigenvalue weighted by molar-refractivity contribution is 6.23. The maximum atomic E-state index is 12.9. The first-order valence-electron chi connectivity index (χ1n) is 8.10. The lowest BCUT2D eigenvalue weighted by Crippen LogP contribution is -2.50. The van der Waals surface area contributed by atoms with Crippen LogP contribution in [0.4, 0.5) is 5.69 Å². The molecule has 1 aromatic heterocycles. The van der Waals surface area contributed by atoms with Gasteiger partial charge in [0.25, 0.3) is 11.8 Å². The molecule has 0 fully saturated rings. The number of imide groups is 1. The van der Waals surface area contributed by atoms with E-state index in [1.807, 2.05) is 20.8 Å². The number of hydrogen-bond acceptors (Lipinski definition) is 4. The lowest BCUT2D eigenvalue weighted by molar-refractivity contribution is -0.121. The van der Waals surface area contributed by atoms with Crippen molar-refractivity contribution < 1.29 is 14.4 Å².